The number of aliphatic imine (C=N–C) groups is 1. The maximum Gasteiger partial charge on any atom is 0.256 e. The molecular weight excluding hydrogens is 259 g/mol. The maximum absolute atomic E-state index is 13.9. The molecule has 1 atom stereocenters. The summed E-state index contributed by atoms with van der Waals surface area (Å²) < 4.78 is 13.9. The van der Waals surface area contributed by atoms with Crippen LogP contribution in [0.25, 0.3) is 11.1 Å². The monoisotopic (exact) mass is 270 g/mol. The Balaban J connectivity index is 2.06. The van der Waals surface area contributed by atoms with Crippen LogP contribution in [0.15, 0.2) is 47.7 Å². The van der Waals surface area contributed by atoms with Crippen molar-refractivity contribution in [3.63, 3.8) is 0 Å². The molecule has 1 unspecified atom stereocenters. The van der Waals surface area contributed by atoms with Crippen molar-refractivity contribution in [1.29, 1.82) is 0 Å². The number of rotatable bonds is 2. The first-order valence-electron chi connectivity index (χ1n) is 5.99. The maximum atomic E-state index is 13.9. The number of nitrogens with zero attached hydrogens (tertiary/aromatic N) is 2. The van der Waals surface area contributed by atoms with Crippen molar-refractivity contribution in [3.05, 3.63) is 54.1 Å². The van der Waals surface area contributed by atoms with Crippen molar-refractivity contribution in [1.82, 2.24) is 10.3 Å². The Labute approximate surface area is 114 Å². The average Bonchev–Trinajstić information content (AvgIpc) is 2.79. The average molecular weight is 270 g/mol. The van der Waals surface area contributed by atoms with Gasteiger partial charge < -0.3 is 5.73 Å². The molecular formula is C14H11FN4O. The number of nitrogens with two attached hydrogens (primary N) is 1. The summed E-state index contributed by atoms with van der Waals surface area (Å²) in [6, 6.07) is 7.18. The minimum Gasteiger partial charge on any atom is -0.370 e. The van der Waals surface area contributed by atoms with Crippen LogP contribution in [0, 0.1) is 5.82 Å². The number of aromatic nitrogens is 1. The molecule has 6 heteroatoms. The smallest absolute Gasteiger partial charge is 0.256 e. The van der Waals surface area contributed by atoms with Gasteiger partial charge in [-0.05, 0) is 23.8 Å². The first kappa shape index (κ1) is 12.3. The molecule has 100 valence electrons. The number of hydrogen-bond donors (Lipinski definition) is 2. The molecule has 0 spiro atoms. The molecule has 0 saturated carbocycles. The van der Waals surface area contributed by atoms with Gasteiger partial charge >= 0.3 is 0 Å². The Morgan fingerprint density at radius 3 is 2.80 bits per heavy atom. The second kappa shape index (κ2) is 4.73. The Morgan fingerprint density at radius 2 is 2.15 bits per heavy atom. The van der Waals surface area contributed by atoms with Crippen LogP contribution in [0.2, 0.25) is 0 Å². The minimum absolute atomic E-state index is 0.0762. The number of benzene rings is 1. The van der Waals surface area contributed by atoms with Crippen LogP contribution in [0.1, 0.15) is 11.6 Å². The first-order valence-corrected chi connectivity index (χ1v) is 5.99. The molecule has 3 N–H and O–H groups in total. The summed E-state index contributed by atoms with van der Waals surface area (Å²) >= 11 is 0. The first-order chi connectivity index (χ1) is 9.65. The zero-order chi connectivity index (χ0) is 14.1. The molecule has 1 aliphatic heterocycles. The summed E-state index contributed by atoms with van der Waals surface area (Å²) in [4.78, 5) is 19.7. The number of carbonyl (C=O) groups is 1. The van der Waals surface area contributed by atoms with Crippen molar-refractivity contribution < 1.29 is 9.18 Å². The highest BCUT2D eigenvalue weighted by molar-refractivity contribution is 6.04. The van der Waals surface area contributed by atoms with Gasteiger partial charge in [-0.3, -0.25) is 15.1 Å². The van der Waals surface area contributed by atoms with Crippen LogP contribution in [0.3, 0.4) is 0 Å². The predicted octanol–water partition coefficient (Wildman–Crippen LogP) is 1.37. The molecule has 0 fully saturated rings. The van der Waals surface area contributed by atoms with Gasteiger partial charge in [0.2, 0.25) is 0 Å². The second-order valence-electron chi connectivity index (χ2n) is 4.39. The lowest BCUT2D eigenvalue weighted by atomic mass is 10.00. The topological polar surface area (TPSA) is 80.4 Å². The highest BCUT2D eigenvalue weighted by Crippen LogP contribution is 2.28. The molecule has 0 aliphatic carbocycles. The molecule has 1 aromatic carbocycles. The van der Waals surface area contributed by atoms with Gasteiger partial charge in [-0.2, -0.15) is 0 Å². The fourth-order valence-electron chi connectivity index (χ4n) is 2.11. The van der Waals surface area contributed by atoms with Gasteiger partial charge in [-0.25, -0.2) is 9.38 Å². The summed E-state index contributed by atoms with van der Waals surface area (Å²) in [6.07, 6.45) is 3.18. The number of hydrogen-bond acceptors (Lipinski definition) is 4. The Kier molecular flexibility index (Phi) is 2.90. The number of nitrogens with one attached hydrogen (secondary N) is 1. The van der Waals surface area contributed by atoms with Gasteiger partial charge in [0, 0.05) is 23.5 Å². The van der Waals surface area contributed by atoms with Crippen LogP contribution in [-0.4, -0.2) is 16.9 Å². The Hall–Kier alpha value is -2.76. The molecule has 20 heavy (non-hydrogen) atoms. The van der Waals surface area contributed by atoms with Crippen molar-refractivity contribution >= 4 is 11.9 Å². The van der Waals surface area contributed by atoms with Gasteiger partial charge in [0.25, 0.3) is 5.91 Å². The fourth-order valence-corrected chi connectivity index (χ4v) is 2.11. The van der Waals surface area contributed by atoms with Crippen molar-refractivity contribution in [2.45, 2.75) is 6.04 Å². The number of amides is 1. The summed E-state index contributed by atoms with van der Waals surface area (Å²) in [5.74, 6) is -0.615. The third-order valence-electron chi connectivity index (χ3n) is 3.05. The lowest BCUT2D eigenvalue weighted by Crippen LogP contribution is -2.31. The van der Waals surface area contributed by atoms with Crippen molar-refractivity contribution in [2.75, 3.05) is 0 Å². The molecule has 0 saturated heterocycles. The van der Waals surface area contributed by atoms with E-state index in [1.165, 1.54) is 12.1 Å². The van der Waals surface area contributed by atoms with E-state index in [4.69, 9.17) is 5.73 Å². The summed E-state index contributed by atoms with van der Waals surface area (Å²) in [5, 5.41) is 2.42. The van der Waals surface area contributed by atoms with Gasteiger partial charge in [-0.1, -0.05) is 12.1 Å². The highest BCUT2D eigenvalue weighted by atomic mass is 19.1. The van der Waals surface area contributed by atoms with E-state index in [9.17, 15) is 9.18 Å². The summed E-state index contributed by atoms with van der Waals surface area (Å²) in [7, 11) is 0. The number of halogens is 1. The Bertz CT molecular complexity index is 700. The Morgan fingerprint density at radius 1 is 1.30 bits per heavy atom. The fraction of sp³-hybridized carbons (Fsp3) is 0.0714. The van der Waals surface area contributed by atoms with Crippen LogP contribution in [0.5, 0.6) is 0 Å². The number of pyridine rings is 1. The van der Waals surface area contributed by atoms with Gasteiger partial charge in [0.1, 0.15) is 5.82 Å². The molecule has 1 aromatic heterocycles. The van der Waals surface area contributed by atoms with E-state index in [0.717, 1.165) is 0 Å². The zero-order valence-corrected chi connectivity index (χ0v) is 10.4. The minimum atomic E-state index is -0.731. The van der Waals surface area contributed by atoms with E-state index in [2.05, 4.69) is 15.3 Å². The number of guanidine groups is 1. The highest BCUT2D eigenvalue weighted by Gasteiger charge is 2.27. The van der Waals surface area contributed by atoms with Crippen LogP contribution in [0.4, 0.5) is 4.39 Å². The van der Waals surface area contributed by atoms with Gasteiger partial charge in [0.05, 0.1) is 0 Å². The van der Waals surface area contributed by atoms with Gasteiger partial charge in [-0.15, -0.1) is 0 Å². The predicted molar refractivity (Wildman–Crippen MR) is 72.1 cm³/mol. The summed E-state index contributed by atoms with van der Waals surface area (Å²) in [5.41, 5.74) is 7.07. The van der Waals surface area contributed by atoms with Crippen LogP contribution >= 0.6 is 0 Å². The van der Waals surface area contributed by atoms with Crippen LogP contribution in [-0.2, 0) is 4.79 Å². The largest absolute Gasteiger partial charge is 0.370 e. The van der Waals surface area contributed by atoms with E-state index in [1.807, 2.05) is 0 Å². The standard InChI is InChI=1S/C14H11FN4O/c15-11-4-3-8(12-13(20)19-14(16)18-12)6-10(11)9-2-1-5-17-7-9/h1-7,12H,(H3,16,18,19,20). The zero-order valence-electron chi connectivity index (χ0n) is 10.4. The molecule has 2 aromatic rings. The van der Waals surface area contributed by atoms with E-state index < -0.39 is 6.04 Å². The van der Waals surface area contributed by atoms with Crippen molar-refractivity contribution in [2.24, 2.45) is 10.7 Å². The third kappa shape index (κ3) is 2.11. The normalized spacial score (nSPS) is 17.8. The lowest BCUT2D eigenvalue weighted by Gasteiger charge is -2.09. The number of carbonyl (C=O) groups excluding carboxylic acids is 1. The molecule has 3 rings (SSSR count). The van der Waals surface area contributed by atoms with Crippen LogP contribution < -0.4 is 11.1 Å². The molecule has 2 heterocycles. The third-order valence-corrected chi connectivity index (χ3v) is 3.05. The molecule has 1 aliphatic rings. The van der Waals surface area contributed by atoms with E-state index >= 15 is 0 Å². The lowest BCUT2D eigenvalue weighted by molar-refractivity contribution is -0.120. The van der Waals surface area contributed by atoms with E-state index in [1.54, 1.807) is 30.6 Å². The molecule has 5 nitrogen and oxygen atoms in total. The van der Waals surface area contributed by atoms with E-state index in [0.29, 0.717) is 16.7 Å². The van der Waals surface area contributed by atoms with Gasteiger partial charge in [0.15, 0.2) is 12.0 Å². The SMILES string of the molecule is NC1=NC(c2ccc(F)c(-c3cccnc3)c2)C(=O)N1. The summed E-state index contributed by atoms with van der Waals surface area (Å²) in [6.45, 7) is 0. The quantitative estimate of drug-likeness (QED) is 0.865. The molecule has 1 amide bonds. The van der Waals surface area contributed by atoms with E-state index in [-0.39, 0.29) is 17.7 Å². The van der Waals surface area contributed by atoms with Crippen molar-refractivity contribution in [3.8, 4) is 11.1 Å². The molecule has 0 bridgehead atoms. The second-order valence-corrected chi connectivity index (χ2v) is 4.39. The molecule has 0 radical (unpaired) electrons.